The molecule has 1 saturated heterocycles. The van der Waals surface area contributed by atoms with Crippen molar-refractivity contribution in [2.24, 2.45) is 5.92 Å². The van der Waals surface area contributed by atoms with E-state index in [4.69, 9.17) is 0 Å². The van der Waals surface area contributed by atoms with Gasteiger partial charge in [0.1, 0.15) is 0 Å². The molecule has 2 N–H and O–H groups in total. The lowest BCUT2D eigenvalue weighted by Crippen LogP contribution is -2.43. The molecule has 0 bridgehead atoms. The zero-order valence-corrected chi connectivity index (χ0v) is 17.1. The molecular formula is C21H25N3O4S. The van der Waals surface area contributed by atoms with Gasteiger partial charge in [-0.2, -0.15) is 0 Å². The van der Waals surface area contributed by atoms with Crippen molar-refractivity contribution in [3.63, 3.8) is 0 Å². The lowest BCUT2D eigenvalue weighted by molar-refractivity contribution is -0.134. The molecule has 1 aliphatic rings. The number of amides is 2. The quantitative estimate of drug-likeness (QED) is 0.758. The number of anilines is 2. The number of likely N-dealkylation sites (tertiary alicyclic amines) is 1. The number of nitrogens with one attached hydrogen (secondary N) is 2. The van der Waals surface area contributed by atoms with Crippen LogP contribution in [0.1, 0.15) is 26.2 Å². The zero-order valence-electron chi connectivity index (χ0n) is 16.3. The second kappa shape index (κ2) is 9.09. The van der Waals surface area contributed by atoms with E-state index in [1.165, 1.54) is 12.1 Å². The minimum Gasteiger partial charge on any atom is -0.342 e. The van der Waals surface area contributed by atoms with Crippen LogP contribution in [0, 0.1) is 5.92 Å². The molecule has 2 aromatic rings. The second-order valence-corrected chi connectivity index (χ2v) is 8.67. The molecule has 2 amide bonds. The van der Waals surface area contributed by atoms with Crippen LogP contribution >= 0.6 is 0 Å². The van der Waals surface area contributed by atoms with Crippen LogP contribution < -0.4 is 10.0 Å². The zero-order chi connectivity index (χ0) is 20.9. The second-order valence-electron chi connectivity index (χ2n) is 6.99. The number of carbonyl (C=O) groups is 2. The highest BCUT2D eigenvalue weighted by Crippen LogP contribution is 2.26. The van der Waals surface area contributed by atoms with Crippen molar-refractivity contribution in [2.45, 2.75) is 31.1 Å². The summed E-state index contributed by atoms with van der Waals surface area (Å²) in [6.07, 6.45) is 1.88. The van der Waals surface area contributed by atoms with Gasteiger partial charge >= 0.3 is 0 Å². The van der Waals surface area contributed by atoms with Gasteiger partial charge in [-0.25, -0.2) is 8.42 Å². The molecule has 2 aromatic carbocycles. The molecule has 7 nitrogen and oxygen atoms in total. The van der Waals surface area contributed by atoms with Crippen molar-refractivity contribution in [1.82, 2.24) is 4.90 Å². The molecule has 0 saturated carbocycles. The van der Waals surface area contributed by atoms with E-state index in [0.717, 1.165) is 6.42 Å². The Morgan fingerprint density at radius 1 is 1.03 bits per heavy atom. The standard InChI is InChI=1S/C21H25N3O4S/c1-2-20(25)24-14-8-9-16(15-24)21(26)22-18-12-6-7-13-19(18)23-29(27,28)17-10-4-3-5-11-17/h3-7,10-13,16,23H,2,8-9,14-15H2,1H3,(H,22,26). The predicted molar refractivity (Wildman–Crippen MR) is 112 cm³/mol. The highest BCUT2D eigenvalue weighted by Gasteiger charge is 2.28. The lowest BCUT2D eigenvalue weighted by atomic mass is 9.96. The molecule has 1 atom stereocenters. The summed E-state index contributed by atoms with van der Waals surface area (Å²) < 4.78 is 27.8. The highest BCUT2D eigenvalue weighted by atomic mass is 32.2. The number of hydrogen-bond donors (Lipinski definition) is 2. The van der Waals surface area contributed by atoms with Crippen LogP contribution in [-0.2, 0) is 19.6 Å². The maximum atomic E-state index is 12.8. The van der Waals surface area contributed by atoms with Crippen LogP contribution in [0.3, 0.4) is 0 Å². The first-order valence-electron chi connectivity index (χ1n) is 9.66. The number of sulfonamides is 1. The molecule has 1 heterocycles. The van der Waals surface area contributed by atoms with E-state index in [-0.39, 0.29) is 22.6 Å². The van der Waals surface area contributed by atoms with Gasteiger partial charge < -0.3 is 10.2 Å². The van der Waals surface area contributed by atoms with Crippen molar-refractivity contribution in [2.75, 3.05) is 23.1 Å². The Bertz CT molecular complexity index is 976. The molecule has 0 aliphatic carbocycles. The van der Waals surface area contributed by atoms with Crippen molar-refractivity contribution in [1.29, 1.82) is 0 Å². The van der Waals surface area contributed by atoms with Gasteiger partial charge in [-0.15, -0.1) is 0 Å². The predicted octanol–water partition coefficient (Wildman–Crippen LogP) is 3.07. The summed E-state index contributed by atoms with van der Waals surface area (Å²) in [5.41, 5.74) is 0.679. The molecule has 154 valence electrons. The molecule has 29 heavy (non-hydrogen) atoms. The largest absolute Gasteiger partial charge is 0.342 e. The summed E-state index contributed by atoms with van der Waals surface area (Å²) >= 11 is 0. The van der Waals surface area contributed by atoms with E-state index in [9.17, 15) is 18.0 Å². The average molecular weight is 416 g/mol. The van der Waals surface area contributed by atoms with Gasteiger partial charge in [0.15, 0.2) is 0 Å². The highest BCUT2D eigenvalue weighted by molar-refractivity contribution is 7.92. The monoisotopic (exact) mass is 415 g/mol. The molecule has 1 fully saturated rings. The Hall–Kier alpha value is -2.87. The summed E-state index contributed by atoms with van der Waals surface area (Å²) in [5, 5.41) is 2.83. The van der Waals surface area contributed by atoms with Gasteiger partial charge in [-0.1, -0.05) is 37.3 Å². The third-order valence-corrected chi connectivity index (χ3v) is 6.31. The van der Waals surface area contributed by atoms with Crippen molar-refractivity contribution in [3.8, 4) is 0 Å². The van der Waals surface area contributed by atoms with Crippen molar-refractivity contribution in [3.05, 3.63) is 54.6 Å². The number of para-hydroxylation sites is 2. The first kappa shape index (κ1) is 20.9. The molecule has 0 spiro atoms. The van der Waals surface area contributed by atoms with E-state index in [2.05, 4.69) is 10.0 Å². The van der Waals surface area contributed by atoms with Gasteiger partial charge in [0, 0.05) is 19.5 Å². The third-order valence-electron chi connectivity index (χ3n) is 4.93. The van der Waals surface area contributed by atoms with Gasteiger partial charge in [-0.3, -0.25) is 14.3 Å². The van der Waals surface area contributed by atoms with Gasteiger partial charge in [-0.05, 0) is 37.1 Å². The van der Waals surface area contributed by atoms with E-state index in [1.807, 2.05) is 0 Å². The van der Waals surface area contributed by atoms with Gasteiger partial charge in [0.25, 0.3) is 10.0 Å². The summed E-state index contributed by atoms with van der Waals surface area (Å²) in [6, 6.07) is 14.7. The third kappa shape index (κ3) is 5.14. The number of rotatable bonds is 6. The average Bonchev–Trinajstić information content (AvgIpc) is 2.75. The molecule has 0 radical (unpaired) electrons. The first-order valence-corrected chi connectivity index (χ1v) is 11.1. The van der Waals surface area contributed by atoms with Gasteiger partial charge in [0.05, 0.1) is 22.2 Å². The number of carbonyl (C=O) groups excluding carboxylic acids is 2. The van der Waals surface area contributed by atoms with E-state index in [0.29, 0.717) is 37.3 Å². The fraction of sp³-hybridized carbons (Fsp3) is 0.333. The summed E-state index contributed by atoms with van der Waals surface area (Å²) in [7, 11) is -3.77. The molecule has 1 aliphatic heterocycles. The van der Waals surface area contributed by atoms with Crippen LogP contribution in [0.5, 0.6) is 0 Å². The van der Waals surface area contributed by atoms with E-state index >= 15 is 0 Å². The van der Waals surface area contributed by atoms with Crippen LogP contribution in [0.2, 0.25) is 0 Å². The number of hydrogen-bond acceptors (Lipinski definition) is 4. The Balaban J connectivity index is 1.74. The molecule has 0 aromatic heterocycles. The molecular weight excluding hydrogens is 390 g/mol. The minimum atomic E-state index is -3.77. The molecule has 1 unspecified atom stereocenters. The Morgan fingerprint density at radius 3 is 2.38 bits per heavy atom. The normalized spacial score (nSPS) is 16.9. The Labute approximate surface area is 171 Å². The number of benzene rings is 2. The van der Waals surface area contributed by atoms with Crippen LogP contribution in [0.15, 0.2) is 59.5 Å². The summed E-state index contributed by atoms with van der Waals surface area (Å²) in [6.45, 7) is 2.86. The maximum absolute atomic E-state index is 12.8. The minimum absolute atomic E-state index is 0.0403. The summed E-state index contributed by atoms with van der Waals surface area (Å²) in [5.74, 6) is -0.499. The van der Waals surface area contributed by atoms with E-state index < -0.39 is 10.0 Å². The van der Waals surface area contributed by atoms with Crippen LogP contribution in [0.25, 0.3) is 0 Å². The number of piperidine rings is 1. The summed E-state index contributed by atoms with van der Waals surface area (Å²) in [4.78, 5) is 26.6. The van der Waals surface area contributed by atoms with Crippen molar-refractivity contribution >= 4 is 33.2 Å². The van der Waals surface area contributed by atoms with Crippen LogP contribution in [0.4, 0.5) is 11.4 Å². The van der Waals surface area contributed by atoms with E-state index in [1.54, 1.807) is 54.3 Å². The smallest absolute Gasteiger partial charge is 0.261 e. The topological polar surface area (TPSA) is 95.6 Å². The molecule has 3 rings (SSSR count). The lowest BCUT2D eigenvalue weighted by Gasteiger charge is -2.32. The number of nitrogens with zero attached hydrogens (tertiary/aromatic N) is 1. The van der Waals surface area contributed by atoms with Crippen molar-refractivity contribution < 1.29 is 18.0 Å². The molecule has 8 heteroatoms. The maximum Gasteiger partial charge on any atom is 0.261 e. The Kier molecular flexibility index (Phi) is 6.53. The fourth-order valence-electron chi connectivity index (χ4n) is 3.36. The van der Waals surface area contributed by atoms with Gasteiger partial charge in [0.2, 0.25) is 11.8 Å². The Morgan fingerprint density at radius 2 is 1.69 bits per heavy atom. The van der Waals surface area contributed by atoms with Crippen LogP contribution in [-0.4, -0.2) is 38.2 Å². The SMILES string of the molecule is CCC(=O)N1CCCC(C(=O)Nc2ccccc2NS(=O)(=O)c2ccccc2)C1. The fourth-order valence-corrected chi connectivity index (χ4v) is 4.46. The first-order chi connectivity index (χ1) is 13.9.